The zero-order valence-corrected chi connectivity index (χ0v) is 12.0. The number of hydrogen-bond acceptors (Lipinski definition) is 4. The summed E-state index contributed by atoms with van der Waals surface area (Å²) >= 11 is 0. The summed E-state index contributed by atoms with van der Waals surface area (Å²) in [5.74, 6) is 0.267. The number of rotatable bonds is 2. The van der Waals surface area contributed by atoms with Crippen LogP contribution in [0.2, 0.25) is 0 Å². The van der Waals surface area contributed by atoms with Crippen molar-refractivity contribution in [3.63, 3.8) is 0 Å². The molecule has 0 radical (unpaired) electrons. The summed E-state index contributed by atoms with van der Waals surface area (Å²) in [5, 5.41) is 10.7. The van der Waals surface area contributed by atoms with Crippen molar-refractivity contribution in [2.75, 3.05) is 19.8 Å². The molecular formula is C16H23NO3. The third-order valence-corrected chi connectivity index (χ3v) is 4.64. The minimum Gasteiger partial charge on any atom is -0.388 e. The van der Waals surface area contributed by atoms with Crippen molar-refractivity contribution in [3.8, 4) is 0 Å². The van der Waals surface area contributed by atoms with Crippen molar-refractivity contribution < 1.29 is 14.6 Å². The van der Waals surface area contributed by atoms with Crippen LogP contribution in [0.1, 0.15) is 43.0 Å². The Morgan fingerprint density at radius 2 is 2.15 bits per heavy atom. The number of aliphatic hydroxyl groups excluding tert-OH is 1. The number of nitrogens with zero attached hydrogens (tertiary/aromatic N) is 1. The van der Waals surface area contributed by atoms with Gasteiger partial charge in [0.05, 0.1) is 11.7 Å². The highest BCUT2D eigenvalue weighted by atomic mass is 16.5. The van der Waals surface area contributed by atoms with Gasteiger partial charge in [0.1, 0.15) is 0 Å². The van der Waals surface area contributed by atoms with E-state index in [2.05, 4.69) is 4.98 Å². The molecule has 2 saturated heterocycles. The van der Waals surface area contributed by atoms with Crippen LogP contribution >= 0.6 is 0 Å². The second-order valence-electron chi connectivity index (χ2n) is 6.07. The van der Waals surface area contributed by atoms with Gasteiger partial charge in [-0.25, -0.2) is 0 Å². The summed E-state index contributed by atoms with van der Waals surface area (Å²) < 4.78 is 11.5. The number of aromatic nitrogens is 1. The standard InChI is InChI=1S/C16H23NO3/c1-12-10-13(2-6-17-12)15(18)14-3-7-20-16(11-14)4-8-19-9-5-16/h2,6,10,14-15,18H,3-5,7-9,11H2,1H3. The maximum Gasteiger partial charge on any atom is 0.0821 e. The molecule has 4 heteroatoms. The fourth-order valence-electron chi connectivity index (χ4n) is 3.45. The number of hydrogen-bond donors (Lipinski definition) is 1. The molecule has 2 aliphatic rings. The first-order valence-electron chi connectivity index (χ1n) is 7.51. The summed E-state index contributed by atoms with van der Waals surface area (Å²) in [5.41, 5.74) is 1.87. The average Bonchev–Trinajstić information content (AvgIpc) is 2.47. The van der Waals surface area contributed by atoms with Gasteiger partial charge in [0.25, 0.3) is 0 Å². The zero-order valence-electron chi connectivity index (χ0n) is 12.0. The molecule has 2 fully saturated rings. The van der Waals surface area contributed by atoms with Gasteiger partial charge in [-0.3, -0.25) is 4.98 Å². The van der Waals surface area contributed by atoms with Crippen molar-refractivity contribution in [2.45, 2.75) is 44.3 Å². The highest BCUT2D eigenvalue weighted by Gasteiger charge is 2.41. The predicted molar refractivity (Wildman–Crippen MR) is 75.4 cm³/mol. The third kappa shape index (κ3) is 2.87. The fourth-order valence-corrected chi connectivity index (χ4v) is 3.45. The van der Waals surface area contributed by atoms with Crippen molar-refractivity contribution in [2.24, 2.45) is 5.92 Å². The Labute approximate surface area is 120 Å². The minimum atomic E-state index is -0.416. The van der Waals surface area contributed by atoms with E-state index in [1.54, 1.807) is 6.20 Å². The van der Waals surface area contributed by atoms with Crippen molar-refractivity contribution >= 4 is 0 Å². The Morgan fingerprint density at radius 1 is 1.35 bits per heavy atom. The Morgan fingerprint density at radius 3 is 2.90 bits per heavy atom. The lowest BCUT2D eigenvalue weighted by molar-refractivity contribution is -0.159. The number of aliphatic hydroxyl groups is 1. The predicted octanol–water partition coefficient (Wildman–Crippen LogP) is 2.40. The van der Waals surface area contributed by atoms with E-state index in [0.29, 0.717) is 0 Å². The van der Waals surface area contributed by atoms with Gasteiger partial charge in [-0.2, -0.15) is 0 Å². The Kier molecular flexibility index (Phi) is 4.06. The number of pyridine rings is 1. The monoisotopic (exact) mass is 277 g/mol. The van der Waals surface area contributed by atoms with Crippen LogP contribution in [0.5, 0.6) is 0 Å². The lowest BCUT2D eigenvalue weighted by Crippen LogP contribution is -2.45. The van der Waals surface area contributed by atoms with Gasteiger partial charge < -0.3 is 14.6 Å². The summed E-state index contributed by atoms with van der Waals surface area (Å²) in [6.45, 7) is 4.25. The van der Waals surface area contributed by atoms with Crippen LogP contribution in [0, 0.1) is 12.8 Å². The van der Waals surface area contributed by atoms with Crippen LogP contribution in [-0.4, -0.2) is 35.5 Å². The SMILES string of the molecule is Cc1cc(C(O)C2CCOC3(CCOCC3)C2)ccn1. The number of aryl methyl sites for hydroxylation is 1. The van der Waals surface area contributed by atoms with Gasteiger partial charge in [-0.05, 0) is 56.2 Å². The van der Waals surface area contributed by atoms with E-state index in [0.717, 1.165) is 56.8 Å². The lowest BCUT2D eigenvalue weighted by Gasteiger charge is -2.44. The van der Waals surface area contributed by atoms with E-state index in [-0.39, 0.29) is 11.5 Å². The lowest BCUT2D eigenvalue weighted by atomic mass is 9.77. The van der Waals surface area contributed by atoms with Gasteiger partial charge in [0, 0.05) is 31.7 Å². The molecule has 0 amide bonds. The quantitative estimate of drug-likeness (QED) is 0.902. The van der Waals surface area contributed by atoms with Gasteiger partial charge in [-0.1, -0.05) is 0 Å². The Hall–Kier alpha value is -0.970. The van der Waals surface area contributed by atoms with E-state index in [4.69, 9.17) is 9.47 Å². The molecule has 1 spiro atoms. The van der Waals surface area contributed by atoms with Crippen LogP contribution in [0.25, 0.3) is 0 Å². The van der Waals surface area contributed by atoms with E-state index in [9.17, 15) is 5.11 Å². The molecule has 2 unspecified atom stereocenters. The second kappa shape index (κ2) is 5.80. The molecule has 110 valence electrons. The first-order valence-corrected chi connectivity index (χ1v) is 7.51. The largest absolute Gasteiger partial charge is 0.388 e. The van der Waals surface area contributed by atoms with E-state index >= 15 is 0 Å². The Balaban J connectivity index is 1.73. The van der Waals surface area contributed by atoms with Crippen molar-refractivity contribution in [1.82, 2.24) is 4.98 Å². The van der Waals surface area contributed by atoms with Gasteiger partial charge >= 0.3 is 0 Å². The molecule has 0 aliphatic carbocycles. The molecule has 20 heavy (non-hydrogen) atoms. The molecule has 4 nitrogen and oxygen atoms in total. The Bertz CT molecular complexity index is 451. The summed E-state index contributed by atoms with van der Waals surface area (Å²) in [7, 11) is 0. The second-order valence-corrected chi connectivity index (χ2v) is 6.07. The van der Waals surface area contributed by atoms with Crippen LogP contribution in [0.3, 0.4) is 0 Å². The molecule has 2 aliphatic heterocycles. The molecule has 3 heterocycles. The van der Waals surface area contributed by atoms with Crippen LogP contribution in [-0.2, 0) is 9.47 Å². The van der Waals surface area contributed by atoms with Gasteiger partial charge in [0.15, 0.2) is 0 Å². The normalized spacial score (nSPS) is 27.4. The van der Waals surface area contributed by atoms with E-state index in [1.165, 1.54) is 0 Å². The fraction of sp³-hybridized carbons (Fsp3) is 0.688. The molecule has 2 atom stereocenters. The van der Waals surface area contributed by atoms with Crippen LogP contribution in [0.15, 0.2) is 18.3 Å². The highest BCUT2D eigenvalue weighted by molar-refractivity contribution is 5.19. The summed E-state index contributed by atoms with van der Waals surface area (Å²) in [4.78, 5) is 4.20. The minimum absolute atomic E-state index is 0.0653. The van der Waals surface area contributed by atoms with Crippen molar-refractivity contribution in [1.29, 1.82) is 0 Å². The maximum absolute atomic E-state index is 10.7. The molecule has 1 aromatic rings. The molecule has 1 N–H and O–H groups in total. The number of ether oxygens (including phenoxy) is 2. The molecule has 1 aromatic heterocycles. The summed E-state index contributed by atoms with van der Waals surface area (Å²) in [6.07, 6.45) is 5.11. The van der Waals surface area contributed by atoms with Crippen LogP contribution in [0.4, 0.5) is 0 Å². The molecule has 3 rings (SSSR count). The van der Waals surface area contributed by atoms with Gasteiger partial charge in [-0.15, -0.1) is 0 Å². The molecule has 0 bridgehead atoms. The molecule has 0 aromatic carbocycles. The topological polar surface area (TPSA) is 51.6 Å². The summed E-state index contributed by atoms with van der Waals surface area (Å²) in [6, 6.07) is 3.90. The van der Waals surface area contributed by atoms with E-state index < -0.39 is 6.10 Å². The van der Waals surface area contributed by atoms with Crippen molar-refractivity contribution in [3.05, 3.63) is 29.6 Å². The third-order valence-electron chi connectivity index (χ3n) is 4.64. The molecule has 0 saturated carbocycles. The first-order chi connectivity index (χ1) is 9.69. The average molecular weight is 277 g/mol. The maximum atomic E-state index is 10.7. The molecular weight excluding hydrogens is 254 g/mol. The van der Waals surface area contributed by atoms with Gasteiger partial charge in [0.2, 0.25) is 0 Å². The first kappa shape index (κ1) is 14.0. The van der Waals surface area contributed by atoms with E-state index in [1.807, 2.05) is 19.1 Å². The highest BCUT2D eigenvalue weighted by Crippen LogP contribution is 2.41. The zero-order chi connectivity index (χ0) is 14.0. The smallest absolute Gasteiger partial charge is 0.0821 e. The van der Waals surface area contributed by atoms with Crippen LogP contribution < -0.4 is 0 Å².